The predicted molar refractivity (Wildman–Crippen MR) is 61.8 cm³/mol. The number of hydrogen-bond donors (Lipinski definition) is 0. The van der Waals surface area contributed by atoms with Crippen LogP contribution in [0.4, 0.5) is 0 Å². The molecule has 0 saturated carbocycles. The molecule has 14 heavy (non-hydrogen) atoms. The maximum Gasteiger partial charge on any atom is 0.125 e. The lowest BCUT2D eigenvalue weighted by atomic mass is 10.2. The van der Waals surface area contributed by atoms with E-state index in [1.54, 1.807) is 0 Å². The number of rotatable bonds is 1. The molecule has 0 saturated heterocycles. The summed E-state index contributed by atoms with van der Waals surface area (Å²) in [5, 5.41) is 1.03. The first kappa shape index (κ1) is 9.73. The smallest absolute Gasteiger partial charge is 0.125 e. The predicted octanol–water partition coefficient (Wildman–Crippen LogP) is 3.02. The highest BCUT2D eigenvalue weighted by Gasteiger charge is 2.35. The van der Waals surface area contributed by atoms with Crippen LogP contribution in [0.15, 0.2) is 42.0 Å². The van der Waals surface area contributed by atoms with Gasteiger partial charge < -0.3 is 4.57 Å². The van der Waals surface area contributed by atoms with Crippen molar-refractivity contribution in [3.63, 3.8) is 0 Å². The standard InChI is InChI=1S/C12H15OP/c1-10-8-9-14(13,11(10)2)12-6-4-3-5-7-12/h3-8,11H,9H2,1-2H3/t11-,14+/m0/s1. The van der Waals surface area contributed by atoms with Crippen molar-refractivity contribution in [1.29, 1.82) is 0 Å². The number of hydrogen-bond acceptors (Lipinski definition) is 1. The normalized spacial score (nSPS) is 31.6. The fourth-order valence-corrected chi connectivity index (χ4v) is 4.92. The molecule has 1 heterocycles. The fourth-order valence-electron chi connectivity index (χ4n) is 1.95. The van der Waals surface area contributed by atoms with Crippen LogP contribution in [0.1, 0.15) is 13.8 Å². The summed E-state index contributed by atoms with van der Waals surface area (Å²) in [6.07, 6.45) is 2.86. The van der Waals surface area contributed by atoms with Crippen LogP contribution < -0.4 is 5.30 Å². The summed E-state index contributed by atoms with van der Waals surface area (Å²) in [4.78, 5) is 0. The molecule has 1 aliphatic rings. The van der Waals surface area contributed by atoms with Gasteiger partial charge in [0.05, 0.1) is 0 Å². The summed E-state index contributed by atoms with van der Waals surface area (Å²) in [6.45, 7) is 4.15. The van der Waals surface area contributed by atoms with Gasteiger partial charge in [0, 0.05) is 17.1 Å². The van der Waals surface area contributed by atoms with Gasteiger partial charge in [-0.2, -0.15) is 0 Å². The maximum atomic E-state index is 12.7. The van der Waals surface area contributed by atoms with E-state index in [4.69, 9.17) is 0 Å². The second kappa shape index (κ2) is 3.40. The zero-order valence-electron chi connectivity index (χ0n) is 8.60. The van der Waals surface area contributed by atoms with Crippen molar-refractivity contribution in [1.82, 2.24) is 0 Å². The minimum absolute atomic E-state index is 0.227. The molecule has 0 spiro atoms. The summed E-state index contributed by atoms with van der Waals surface area (Å²) in [6, 6.07) is 9.88. The van der Waals surface area contributed by atoms with Gasteiger partial charge in [-0.3, -0.25) is 0 Å². The van der Waals surface area contributed by atoms with E-state index in [-0.39, 0.29) is 5.66 Å². The van der Waals surface area contributed by atoms with E-state index in [9.17, 15) is 4.57 Å². The van der Waals surface area contributed by atoms with Crippen LogP contribution in [0.25, 0.3) is 0 Å². The second-order valence-electron chi connectivity index (χ2n) is 3.94. The van der Waals surface area contributed by atoms with E-state index < -0.39 is 7.14 Å². The molecule has 1 aromatic rings. The maximum absolute atomic E-state index is 12.7. The molecule has 2 rings (SSSR count). The van der Waals surface area contributed by atoms with Gasteiger partial charge in [0.1, 0.15) is 7.14 Å². The lowest BCUT2D eigenvalue weighted by molar-refractivity contribution is 0.580. The summed E-state index contributed by atoms with van der Waals surface area (Å²) in [7, 11) is -2.16. The van der Waals surface area contributed by atoms with Crippen molar-refractivity contribution in [2.75, 3.05) is 6.16 Å². The van der Waals surface area contributed by atoms with Gasteiger partial charge in [-0.05, 0) is 6.92 Å². The third kappa shape index (κ3) is 1.36. The molecule has 0 fully saturated rings. The minimum Gasteiger partial charge on any atom is -0.318 e. The third-order valence-corrected chi connectivity index (χ3v) is 6.72. The Labute approximate surface area is 85.2 Å². The topological polar surface area (TPSA) is 17.1 Å². The van der Waals surface area contributed by atoms with E-state index in [1.807, 2.05) is 30.3 Å². The Bertz CT molecular complexity index is 406. The Morgan fingerprint density at radius 1 is 1.29 bits per heavy atom. The lowest BCUT2D eigenvalue weighted by Gasteiger charge is -2.18. The second-order valence-corrected chi connectivity index (χ2v) is 7.19. The molecular formula is C12H15OP. The van der Waals surface area contributed by atoms with E-state index in [2.05, 4.69) is 19.9 Å². The van der Waals surface area contributed by atoms with Crippen molar-refractivity contribution in [3.8, 4) is 0 Å². The van der Waals surface area contributed by atoms with Crippen LogP contribution in [0.2, 0.25) is 0 Å². The summed E-state index contributed by atoms with van der Waals surface area (Å²) >= 11 is 0. The first-order chi connectivity index (χ1) is 6.64. The van der Waals surface area contributed by atoms with Crippen LogP contribution in [0, 0.1) is 0 Å². The van der Waals surface area contributed by atoms with Gasteiger partial charge in [-0.15, -0.1) is 0 Å². The molecule has 1 nitrogen and oxygen atoms in total. The zero-order valence-corrected chi connectivity index (χ0v) is 9.50. The van der Waals surface area contributed by atoms with E-state index >= 15 is 0 Å². The summed E-state index contributed by atoms with van der Waals surface area (Å²) in [5.74, 6) is 0. The quantitative estimate of drug-likeness (QED) is 0.510. The average molecular weight is 206 g/mol. The Morgan fingerprint density at radius 3 is 2.43 bits per heavy atom. The minimum atomic E-state index is -2.16. The van der Waals surface area contributed by atoms with E-state index in [1.165, 1.54) is 5.57 Å². The largest absolute Gasteiger partial charge is 0.318 e. The van der Waals surface area contributed by atoms with E-state index in [0.29, 0.717) is 0 Å². The van der Waals surface area contributed by atoms with E-state index in [0.717, 1.165) is 11.5 Å². The fraction of sp³-hybridized carbons (Fsp3) is 0.333. The molecule has 2 atom stereocenters. The van der Waals surface area contributed by atoms with Gasteiger partial charge in [0.15, 0.2) is 0 Å². The average Bonchev–Trinajstić information content (AvgIpc) is 2.49. The zero-order chi connectivity index (χ0) is 10.2. The highest BCUT2D eigenvalue weighted by atomic mass is 31.2. The molecule has 0 amide bonds. The van der Waals surface area contributed by atoms with Crippen LogP contribution >= 0.6 is 7.14 Å². The van der Waals surface area contributed by atoms with Crippen LogP contribution in [0.3, 0.4) is 0 Å². The molecule has 0 unspecified atom stereocenters. The highest BCUT2D eigenvalue weighted by molar-refractivity contribution is 7.73. The molecule has 1 aromatic carbocycles. The van der Waals surface area contributed by atoms with Gasteiger partial charge >= 0.3 is 0 Å². The Morgan fingerprint density at radius 2 is 1.93 bits per heavy atom. The van der Waals surface area contributed by atoms with Crippen LogP contribution in [-0.4, -0.2) is 11.8 Å². The first-order valence-electron chi connectivity index (χ1n) is 4.95. The molecule has 0 radical (unpaired) electrons. The SMILES string of the molecule is CC1=CC[P@](=O)(c2ccccc2)[C@H]1C. The Balaban J connectivity index is 2.42. The molecule has 2 heteroatoms. The molecule has 0 N–H and O–H groups in total. The molecule has 0 aromatic heterocycles. The Kier molecular flexibility index (Phi) is 2.36. The summed E-state index contributed by atoms with van der Waals surface area (Å²) < 4.78 is 12.7. The third-order valence-electron chi connectivity index (χ3n) is 3.16. The van der Waals surface area contributed by atoms with Gasteiger partial charge in [-0.25, -0.2) is 0 Å². The van der Waals surface area contributed by atoms with Crippen molar-refractivity contribution in [3.05, 3.63) is 42.0 Å². The van der Waals surface area contributed by atoms with Crippen molar-refractivity contribution < 1.29 is 4.57 Å². The lowest BCUT2D eigenvalue weighted by Crippen LogP contribution is -2.12. The first-order valence-corrected chi connectivity index (χ1v) is 6.92. The molecule has 0 aliphatic carbocycles. The van der Waals surface area contributed by atoms with Gasteiger partial charge in [-0.1, -0.05) is 48.9 Å². The van der Waals surface area contributed by atoms with Crippen molar-refractivity contribution >= 4 is 12.4 Å². The highest BCUT2D eigenvalue weighted by Crippen LogP contribution is 2.56. The van der Waals surface area contributed by atoms with Crippen LogP contribution in [0.5, 0.6) is 0 Å². The van der Waals surface area contributed by atoms with Crippen LogP contribution in [-0.2, 0) is 4.57 Å². The monoisotopic (exact) mass is 206 g/mol. The van der Waals surface area contributed by atoms with Crippen molar-refractivity contribution in [2.24, 2.45) is 0 Å². The van der Waals surface area contributed by atoms with Gasteiger partial charge in [0.25, 0.3) is 0 Å². The number of benzene rings is 1. The van der Waals surface area contributed by atoms with Gasteiger partial charge in [0.2, 0.25) is 0 Å². The summed E-state index contributed by atoms with van der Waals surface area (Å²) in [5.41, 5.74) is 1.50. The Hall–Kier alpha value is -0.810. The molecule has 74 valence electrons. The molecule has 1 aliphatic heterocycles. The number of allylic oxidation sites excluding steroid dienone is 2. The molecular weight excluding hydrogens is 191 g/mol. The van der Waals surface area contributed by atoms with Crippen molar-refractivity contribution in [2.45, 2.75) is 19.5 Å². The molecule has 0 bridgehead atoms.